The van der Waals surface area contributed by atoms with Crippen LogP contribution in [-0.2, 0) is 29.7 Å². The van der Waals surface area contributed by atoms with Crippen LogP contribution in [0.4, 0.5) is 0 Å². The summed E-state index contributed by atoms with van der Waals surface area (Å²) in [5, 5.41) is 13.1. The Morgan fingerprint density at radius 1 is 1.26 bits per heavy atom. The molecule has 4 N–H and O–H groups in total. The van der Waals surface area contributed by atoms with Crippen LogP contribution in [0.2, 0.25) is 0 Å². The molecule has 0 saturated carbocycles. The molecule has 11 heteroatoms. The average Bonchev–Trinajstić information content (AvgIpc) is 2.27. The van der Waals surface area contributed by atoms with Crippen LogP contribution < -0.4 is 10.0 Å². The molecule has 0 fully saturated rings. The third-order valence-corrected chi connectivity index (χ3v) is 3.93. The topological polar surface area (TPSA) is 153 Å². The van der Waals surface area contributed by atoms with E-state index in [4.69, 9.17) is 10.2 Å². The van der Waals surface area contributed by atoms with Crippen molar-refractivity contribution in [3.63, 3.8) is 0 Å². The number of nitrogens with one attached hydrogen (secondary N) is 1. The van der Waals surface area contributed by atoms with E-state index in [9.17, 15) is 21.6 Å². The molecule has 0 aliphatic carbocycles. The Bertz CT molecular complexity index is 681. The zero-order valence-electron chi connectivity index (χ0n) is 9.31. The number of aliphatic carboxylic acids is 1. The van der Waals surface area contributed by atoms with Gasteiger partial charge in [-0.2, -0.15) is 0 Å². The number of hydrogen-bond acceptors (Lipinski definition) is 6. The van der Waals surface area contributed by atoms with Crippen molar-refractivity contribution in [3.8, 4) is 0 Å². The molecule has 0 spiro atoms. The fourth-order valence-corrected chi connectivity index (χ4v) is 2.52. The van der Waals surface area contributed by atoms with Crippen LogP contribution >= 0.6 is 0 Å². The molecule has 0 aliphatic heterocycles. The molecule has 106 valence electrons. The standard InChI is InChI=1S/C8H10N2O7S2/c9-18(13,14)6-2-1-3-7(4-6)19(15,16)10-17-5-8(11)12/h1-4,10H,5H2,(H,11,12)(H2,9,13,14). The van der Waals surface area contributed by atoms with Crippen molar-refractivity contribution in [2.75, 3.05) is 6.61 Å². The Labute approximate surface area is 109 Å². The number of rotatable bonds is 6. The van der Waals surface area contributed by atoms with Crippen LogP contribution in [0.25, 0.3) is 0 Å². The van der Waals surface area contributed by atoms with Crippen LogP contribution in [-0.4, -0.2) is 34.5 Å². The Kier molecular flexibility index (Phi) is 4.60. The van der Waals surface area contributed by atoms with Gasteiger partial charge in [0.15, 0.2) is 6.61 Å². The van der Waals surface area contributed by atoms with E-state index < -0.39 is 42.4 Å². The molecular weight excluding hydrogens is 300 g/mol. The second-order valence-corrected chi connectivity index (χ2v) is 6.50. The summed E-state index contributed by atoms with van der Waals surface area (Å²) < 4.78 is 45.4. The smallest absolute Gasteiger partial charge is 0.331 e. The van der Waals surface area contributed by atoms with E-state index in [-0.39, 0.29) is 0 Å². The SMILES string of the molecule is NS(=O)(=O)c1cccc(S(=O)(=O)NOCC(=O)O)c1. The monoisotopic (exact) mass is 310 g/mol. The summed E-state index contributed by atoms with van der Waals surface area (Å²) in [5.41, 5.74) is 0. The van der Waals surface area contributed by atoms with Gasteiger partial charge >= 0.3 is 5.97 Å². The second-order valence-electron chi connectivity index (χ2n) is 3.29. The van der Waals surface area contributed by atoms with Crippen LogP contribution in [0, 0.1) is 0 Å². The summed E-state index contributed by atoms with van der Waals surface area (Å²) in [4.78, 5) is 15.1. The number of benzene rings is 1. The Morgan fingerprint density at radius 3 is 2.37 bits per heavy atom. The second kappa shape index (κ2) is 5.63. The van der Waals surface area contributed by atoms with Gasteiger partial charge in [-0.3, -0.25) is 4.84 Å². The highest BCUT2D eigenvalue weighted by atomic mass is 32.2. The molecule has 0 bridgehead atoms. The Balaban J connectivity index is 2.99. The first kappa shape index (κ1) is 15.5. The van der Waals surface area contributed by atoms with E-state index in [0.29, 0.717) is 0 Å². The molecule has 1 aromatic carbocycles. The fraction of sp³-hybridized carbons (Fsp3) is 0.125. The quantitative estimate of drug-likeness (QED) is 0.548. The Hall–Kier alpha value is -1.53. The van der Waals surface area contributed by atoms with Gasteiger partial charge in [0.2, 0.25) is 10.0 Å². The molecule has 1 aromatic rings. The normalized spacial score (nSPS) is 12.3. The van der Waals surface area contributed by atoms with Gasteiger partial charge in [-0.05, 0) is 18.2 Å². The maximum Gasteiger partial charge on any atom is 0.331 e. The van der Waals surface area contributed by atoms with Gasteiger partial charge in [0.05, 0.1) is 9.79 Å². The molecule has 0 radical (unpaired) electrons. The number of sulfonamides is 2. The zero-order valence-corrected chi connectivity index (χ0v) is 10.9. The van der Waals surface area contributed by atoms with Crippen molar-refractivity contribution in [2.24, 2.45) is 5.14 Å². The first-order valence-corrected chi connectivity index (χ1v) is 7.64. The van der Waals surface area contributed by atoms with Crippen LogP contribution in [0.1, 0.15) is 0 Å². The first-order chi connectivity index (χ1) is 8.63. The van der Waals surface area contributed by atoms with Gasteiger partial charge in [0, 0.05) is 0 Å². The van der Waals surface area contributed by atoms with Gasteiger partial charge in [-0.25, -0.2) is 26.8 Å². The lowest BCUT2D eigenvalue weighted by Gasteiger charge is -2.06. The van der Waals surface area contributed by atoms with Gasteiger partial charge in [0.25, 0.3) is 10.0 Å². The third-order valence-electron chi connectivity index (χ3n) is 1.81. The number of carboxylic acid groups (broad SMARTS) is 1. The van der Waals surface area contributed by atoms with Gasteiger partial charge < -0.3 is 5.11 Å². The molecule has 0 aromatic heterocycles. The molecule has 9 nitrogen and oxygen atoms in total. The lowest BCUT2D eigenvalue weighted by atomic mass is 10.4. The molecule has 0 unspecified atom stereocenters. The van der Waals surface area contributed by atoms with Crippen molar-refractivity contribution in [3.05, 3.63) is 24.3 Å². The lowest BCUT2D eigenvalue weighted by molar-refractivity contribution is -0.143. The van der Waals surface area contributed by atoms with Crippen molar-refractivity contribution >= 4 is 26.0 Å². The van der Waals surface area contributed by atoms with E-state index in [1.807, 2.05) is 0 Å². The summed E-state index contributed by atoms with van der Waals surface area (Å²) in [7, 11) is -8.24. The summed E-state index contributed by atoms with van der Waals surface area (Å²) in [6, 6.07) is 4.21. The highest BCUT2D eigenvalue weighted by molar-refractivity contribution is 7.90. The third kappa shape index (κ3) is 4.57. The van der Waals surface area contributed by atoms with E-state index in [0.717, 1.165) is 18.2 Å². The van der Waals surface area contributed by atoms with E-state index >= 15 is 0 Å². The van der Waals surface area contributed by atoms with Crippen molar-refractivity contribution < 1.29 is 31.6 Å². The minimum absolute atomic E-state index is 0.395. The summed E-state index contributed by atoms with van der Waals surface area (Å²) in [5.74, 6) is -1.37. The van der Waals surface area contributed by atoms with Crippen molar-refractivity contribution in [1.29, 1.82) is 0 Å². The molecule has 0 amide bonds. The predicted octanol–water partition coefficient (Wildman–Crippen LogP) is -1.37. The van der Waals surface area contributed by atoms with E-state index in [2.05, 4.69) is 4.84 Å². The molecule has 0 aliphatic rings. The largest absolute Gasteiger partial charge is 0.479 e. The molecule has 0 atom stereocenters. The molecule has 0 heterocycles. The van der Waals surface area contributed by atoms with Crippen molar-refractivity contribution in [1.82, 2.24) is 4.89 Å². The van der Waals surface area contributed by atoms with Gasteiger partial charge in [0.1, 0.15) is 0 Å². The number of carbonyl (C=O) groups is 1. The maximum absolute atomic E-state index is 11.6. The van der Waals surface area contributed by atoms with E-state index in [1.54, 1.807) is 4.89 Å². The first-order valence-electron chi connectivity index (χ1n) is 4.61. The summed E-state index contributed by atoms with van der Waals surface area (Å²) in [6.45, 7) is -0.881. The fourth-order valence-electron chi connectivity index (χ4n) is 1.04. The summed E-state index contributed by atoms with van der Waals surface area (Å²) >= 11 is 0. The Morgan fingerprint density at radius 2 is 1.84 bits per heavy atom. The predicted molar refractivity (Wildman–Crippen MR) is 61.7 cm³/mol. The number of carboxylic acids is 1. The molecular formula is C8H10N2O7S2. The minimum atomic E-state index is -4.19. The zero-order chi connectivity index (χ0) is 14.7. The number of nitrogens with two attached hydrogens (primary N) is 1. The average molecular weight is 310 g/mol. The summed E-state index contributed by atoms with van der Waals surface area (Å²) in [6.07, 6.45) is 0. The van der Waals surface area contributed by atoms with Crippen molar-refractivity contribution in [2.45, 2.75) is 9.79 Å². The van der Waals surface area contributed by atoms with Gasteiger partial charge in [-0.1, -0.05) is 11.0 Å². The van der Waals surface area contributed by atoms with Crippen LogP contribution in [0.5, 0.6) is 0 Å². The molecule has 1 rings (SSSR count). The number of primary sulfonamides is 1. The molecule has 19 heavy (non-hydrogen) atoms. The van der Waals surface area contributed by atoms with Crippen LogP contribution in [0.15, 0.2) is 34.1 Å². The van der Waals surface area contributed by atoms with Gasteiger partial charge in [-0.15, -0.1) is 0 Å². The maximum atomic E-state index is 11.6. The molecule has 0 saturated heterocycles. The highest BCUT2D eigenvalue weighted by Gasteiger charge is 2.18. The van der Waals surface area contributed by atoms with E-state index in [1.165, 1.54) is 6.07 Å². The van der Waals surface area contributed by atoms with Crippen LogP contribution in [0.3, 0.4) is 0 Å². The minimum Gasteiger partial charge on any atom is -0.479 e. The number of hydrogen-bond donors (Lipinski definition) is 3. The lowest BCUT2D eigenvalue weighted by Crippen LogP contribution is -2.27. The highest BCUT2D eigenvalue weighted by Crippen LogP contribution is 2.14.